The molecule has 1 unspecified atom stereocenters. The predicted molar refractivity (Wildman–Crippen MR) is 65.1 cm³/mol. The van der Waals surface area contributed by atoms with Gasteiger partial charge in [-0.2, -0.15) is 11.8 Å². The van der Waals surface area contributed by atoms with Crippen LogP contribution in [0.4, 0.5) is 0 Å². The van der Waals surface area contributed by atoms with Gasteiger partial charge in [0.15, 0.2) is 6.29 Å². The van der Waals surface area contributed by atoms with Crippen LogP contribution in [-0.4, -0.2) is 68.5 Å². The predicted octanol–water partition coefficient (Wildman–Crippen LogP) is -1.65. The summed E-state index contributed by atoms with van der Waals surface area (Å²) >= 11 is 1.49. The van der Waals surface area contributed by atoms with E-state index in [1.165, 1.54) is 11.8 Å². The van der Waals surface area contributed by atoms with Crippen molar-refractivity contribution in [2.75, 3.05) is 11.5 Å². The Balaban J connectivity index is 2.10. The fourth-order valence-electron chi connectivity index (χ4n) is 1.60. The van der Waals surface area contributed by atoms with Gasteiger partial charge in [-0.15, -0.1) is 0 Å². The fraction of sp³-hybridized carbons (Fsp3) is 0.900. The summed E-state index contributed by atoms with van der Waals surface area (Å²) in [5.41, 5.74) is 5.34. The Hall–Kier alpha value is -0.380. The van der Waals surface area contributed by atoms with Crippen molar-refractivity contribution in [2.45, 2.75) is 43.5 Å². The van der Waals surface area contributed by atoms with E-state index in [0.29, 0.717) is 24.3 Å². The minimum Gasteiger partial charge on any atom is -0.480 e. The van der Waals surface area contributed by atoms with Gasteiger partial charge in [-0.05, 0) is 24.3 Å². The van der Waals surface area contributed by atoms with E-state index in [1.54, 1.807) is 0 Å². The van der Waals surface area contributed by atoms with Gasteiger partial charge >= 0.3 is 5.97 Å². The second-order valence-electron chi connectivity index (χ2n) is 4.18. The highest BCUT2D eigenvalue weighted by Gasteiger charge is 2.41. The largest absolute Gasteiger partial charge is 0.480 e. The van der Waals surface area contributed by atoms with E-state index < -0.39 is 36.6 Å². The second kappa shape index (κ2) is 7.27. The third-order valence-corrected chi connectivity index (χ3v) is 3.82. The Bertz CT molecular complexity index is 279. The van der Waals surface area contributed by atoms with Gasteiger partial charge in [-0.1, -0.05) is 0 Å². The van der Waals surface area contributed by atoms with E-state index in [4.69, 9.17) is 20.7 Å². The lowest BCUT2D eigenvalue weighted by atomic mass is 10.1. The molecular weight excluding hydrogens is 262 g/mol. The standard InChI is InChI=1S/C10H19NO6S/c11-5(9(14)15)1-3-18-4-2-6-7(12)8(13)10(16)17-6/h5-8,10,12-13,16H,1-4,11H2,(H,14,15)/t5-,6+,7+,8+,10?/m0/s1. The number of hydrogen-bond acceptors (Lipinski definition) is 7. The van der Waals surface area contributed by atoms with Crippen LogP contribution in [0, 0.1) is 0 Å². The molecule has 0 amide bonds. The number of hydrogen-bond donors (Lipinski definition) is 5. The van der Waals surface area contributed by atoms with Gasteiger partial charge in [0.05, 0.1) is 6.10 Å². The van der Waals surface area contributed by atoms with Crippen molar-refractivity contribution in [1.29, 1.82) is 0 Å². The molecule has 0 bridgehead atoms. The van der Waals surface area contributed by atoms with Crippen LogP contribution in [0.3, 0.4) is 0 Å². The second-order valence-corrected chi connectivity index (χ2v) is 5.41. The van der Waals surface area contributed by atoms with Gasteiger partial charge in [0.1, 0.15) is 18.2 Å². The first-order chi connectivity index (χ1) is 8.43. The lowest BCUT2D eigenvalue weighted by Crippen LogP contribution is -2.32. The summed E-state index contributed by atoms with van der Waals surface area (Å²) in [4.78, 5) is 10.4. The van der Waals surface area contributed by atoms with Crippen LogP contribution in [0.15, 0.2) is 0 Å². The van der Waals surface area contributed by atoms with Crippen LogP contribution >= 0.6 is 11.8 Å². The van der Waals surface area contributed by atoms with Crippen molar-refractivity contribution in [3.63, 3.8) is 0 Å². The molecule has 5 atom stereocenters. The summed E-state index contributed by atoms with van der Waals surface area (Å²) in [6, 6.07) is -0.852. The van der Waals surface area contributed by atoms with E-state index >= 15 is 0 Å². The van der Waals surface area contributed by atoms with Gasteiger partial charge in [-0.3, -0.25) is 4.79 Å². The van der Waals surface area contributed by atoms with Gasteiger partial charge in [0.2, 0.25) is 0 Å². The quantitative estimate of drug-likeness (QED) is 0.351. The van der Waals surface area contributed by atoms with Crippen molar-refractivity contribution < 1.29 is 30.0 Å². The van der Waals surface area contributed by atoms with Crippen LogP contribution in [0.2, 0.25) is 0 Å². The Morgan fingerprint density at radius 1 is 1.28 bits per heavy atom. The number of rotatable bonds is 7. The molecule has 1 heterocycles. The average molecular weight is 281 g/mol. The first kappa shape index (κ1) is 15.7. The van der Waals surface area contributed by atoms with Crippen LogP contribution in [-0.2, 0) is 9.53 Å². The molecule has 0 aromatic carbocycles. The maximum atomic E-state index is 10.4. The molecule has 1 aliphatic heterocycles. The molecule has 1 rings (SSSR count). The van der Waals surface area contributed by atoms with Crippen molar-refractivity contribution in [3.8, 4) is 0 Å². The lowest BCUT2D eigenvalue weighted by Gasteiger charge is -2.13. The van der Waals surface area contributed by atoms with Gasteiger partial charge in [-0.25, -0.2) is 0 Å². The number of thioether (sulfide) groups is 1. The Morgan fingerprint density at radius 3 is 2.44 bits per heavy atom. The van der Waals surface area contributed by atoms with Crippen molar-refractivity contribution in [2.24, 2.45) is 5.73 Å². The summed E-state index contributed by atoms with van der Waals surface area (Å²) in [6.45, 7) is 0. The minimum atomic E-state index is -1.34. The smallest absolute Gasteiger partial charge is 0.320 e. The molecule has 0 saturated carbocycles. The Kier molecular flexibility index (Phi) is 6.33. The highest BCUT2D eigenvalue weighted by atomic mass is 32.2. The first-order valence-electron chi connectivity index (χ1n) is 5.69. The molecular formula is C10H19NO6S. The van der Waals surface area contributed by atoms with E-state index in [-0.39, 0.29) is 0 Å². The highest BCUT2D eigenvalue weighted by molar-refractivity contribution is 7.99. The summed E-state index contributed by atoms with van der Waals surface area (Å²) in [5.74, 6) is 0.214. The van der Waals surface area contributed by atoms with E-state index in [9.17, 15) is 15.0 Å². The molecule has 1 aliphatic rings. The molecule has 1 fully saturated rings. The summed E-state index contributed by atoms with van der Waals surface area (Å²) in [7, 11) is 0. The zero-order valence-electron chi connectivity index (χ0n) is 9.81. The van der Waals surface area contributed by atoms with E-state index in [1.807, 2.05) is 0 Å². The Labute approximate surface area is 109 Å². The molecule has 106 valence electrons. The average Bonchev–Trinajstić information content (AvgIpc) is 2.56. The molecule has 0 aliphatic carbocycles. The number of carbonyl (C=O) groups is 1. The number of carboxylic acids is 1. The summed E-state index contributed by atoms with van der Waals surface area (Å²) in [5, 5.41) is 36.5. The fourth-order valence-corrected chi connectivity index (χ4v) is 2.63. The number of nitrogens with two attached hydrogens (primary N) is 1. The first-order valence-corrected chi connectivity index (χ1v) is 6.84. The van der Waals surface area contributed by atoms with Gasteiger partial charge in [0, 0.05) is 0 Å². The molecule has 0 aromatic heterocycles. The van der Waals surface area contributed by atoms with Gasteiger partial charge in [0.25, 0.3) is 0 Å². The zero-order chi connectivity index (χ0) is 13.7. The van der Waals surface area contributed by atoms with Crippen LogP contribution in [0.25, 0.3) is 0 Å². The number of aliphatic hydroxyl groups is 3. The molecule has 6 N–H and O–H groups in total. The third kappa shape index (κ3) is 4.38. The third-order valence-electron chi connectivity index (χ3n) is 2.77. The van der Waals surface area contributed by atoms with Crippen molar-refractivity contribution in [1.82, 2.24) is 0 Å². The Morgan fingerprint density at radius 2 is 1.94 bits per heavy atom. The number of carboxylic acid groups (broad SMARTS) is 1. The molecule has 8 heteroatoms. The molecule has 0 aromatic rings. The minimum absolute atomic E-state index is 0.374. The van der Waals surface area contributed by atoms with Crippen molar-refractivity contribution in [3.05, 3.63) is 0 Å². The number of ether oxygens (including phenoxy) is 1. The zero-order valence-corrected chi connectivity index (χ0v) is 10.6. The normalized spacial score (nSPS) is 33.6. The highest BCUT2D eigenvalue weighted by Crippen LogP contribution is 2.23. The number of aliphatic hydroxyl groups excluding tert-OH is 3. The van der Waals surface area contributed by atoms with Crippen LogP contribution in [0.1, 0.15) is 12.8 Å². The molecule has 7 nitrogen and oxygen atoms in total. The SMILES string of the molecule is N[C@@H](CCSCC[C@H]1OC(O)[C@H](O)[C@@H]1O)C(=O)O. The summed E-state index contributed by atoms with van der Waals surface area (Å²) < 4.78 is 4.98. The molecule has 0 spiro atoms. The molecule has 18 heavy (non-hydrogen) atoms. The monoisotopic (exact) mass is 281 g/mol. The molecule has 0 radical (unpaired) electrons. The van der Waals surface area contributed by atoms with E-state index in [2.05, 4.69) is 0 Å². The number of aliphatic carboxylic acids is 1. The molecule has 1 saturated heterocycles. The van der Waals surface area contributed by atoms with E-state index in [0.717, 1.165) is 0 Å². The maximum Gasteiger partial charge on any atom is 0.320 e. The van der Waals surface area contributed by atoms with Crippen LogP contribution < -0.4 is 5.73 Å². The lowest BCUT2D eigenvalue weighted by molar-refractivity contribution is -0.138. The summed E-state index contributed by atoms with van der Waals surface area (Å²) in [6.07, 6.45) is -3.42. The van der Waals surface area contributed by atoms with Gasteiger partial charge < -0.3 is 30.9 Å². The topological polar surface area (TPSA) is 133 Å². The van der Waals surface area contributed by atoms with Crippen molar-refractivity contribution >= 4 is 17.7 Å². The van der Waals surface area contributed by atoms with Crippen LogP contribution in [0.5, 0.6) is 0 Å². The maximum absolute atomic E-state index is 10.4.